The van der Waals surface area contributed by atoms with Crippen molar-refractivity contribution < 1.29 is 17.6 Å². The van der Waals surface area contributed by atoms with Crippen molar-refractivity contribution in [3.8, 4) is 10.6 Å². The van der Waals surface area contributed by atoms with Gasteiger partial charge in [0.1, 0.15) is 22.6 Å². The fourth-order valence-corrected chi connectivity index (χ4v) is 5.64. The molecule has 1 aromatic carbocycles. The molecule has 1 amide bonds. The molecule has 1 saturated heterocycles. The van der Waals surface area contributed by atoms with Crippen molar-refractivity contribution >= 4 is 44.7 Å². The molecular formula is C18H18ClFN6O3S2. The molecule has 3 heterocycles. The molecule has 9 nitrogen and oxygen atoms in total. The number of nitrogens with one attached hydrogen (secondary N) is 2. The maximum absolute atomic E-state index is 13.4. The molecule has 1 aliphatic heterocycles. The van der Waals surface area contributed by atoms with E-state index in [1.54, 1.807) is 24.1 Å². The zero-order valence-electron chi connectivity index (χ0n) is 16.4. The lowest BCUT2D eigenvalue weighted by Gasteiger charge is -2.35. The predicted octanol–water partition coefficient (Wildman–Crippen LogP) is 2.55. The first-order valence-corrected chi connectivity index (χ1v) is 11.7. The Kier molecular flexibility index (Phi) is 5.83. The lowest BCUT2D eigenvalue weighted by Crippen LogP contribution is -2.55. The molecule has 2 aromatic heterocycles. The number of benzene rings is 1. The van der Waals surface area contributed by atoms with E-state index in [1.165, 1.54) is 30.5 Å². The molecule has 0 radical (unpaired) electrons. The molecule has 2 atom stereocenters. The van der Waals surface area contributed by atoms with Crippen LogP contribution in [0.2, 0.25) is 5.02 Å². The van der Waals surface area contributed by atoms with Crippen LogP contribution in [0.1, 0.15) is 17.5 Å². The molecule has 3 aromatic rings. The van der Waals surface area contributed by atoms with Gasteiger partial charge >= 0.3 is 0 Å². The number of likely N-dealkylation sites (N-methyl/N-ethyl adjacent to an activating group) is 1. The van der Waals surface area contributed by atoms with E-state index in [-0.39, 0.29) is 17.1 Å². The number of rotatable bonds is 4. The van der Waals surface area contributed by atoms with Crippen molar-refractivity contribution in [2.75, 3.05) is 12.4 Å². The molecule has 0 saturated carbocycles. The second-order valence-corrected chi connectivity index (χ2v) is 10.2. The third-order valence-corrected chi connectivity index (χ3v) is 7.86. The van der Waals surface area contributed by atoms with Crippen LogP contribution in [0.25, 0.3) is 10.6 Å². The summed E-state index contributed by atoms with van der Waals surface area (Å²) < 4.78 is 43.8. The van der Waals surface area contributed by atoms with Crippen LogP contribution in [0.5, 0.6) is 0 Å². The number of thiazole rings is 1. The number of carbonyl (C=O) groups excluding carboxylic acids is 1. The molecular weight excluding hydrogens is 467 g/mol. The van der Waals surface area contributed by atoms with Gasteiger partial charge in [0.2, 0.25) is 5.91 Å². The summed E-state index contributed by atoms with van der Waals surface area (Å²) in [5.74, 6) is -1.17. The van der Waals surface area contributed by atoms with E-state index in [2.05, 4.69) is 20.1 Å². The Morgan fingerprint density at radius 3 is 2.81 bits per heavy atom. The van der Waals surface area contributed by atoms with Gasteiger partial charge in [-0.3, -0.25) is 9.48 Å². The topological polar surface area (TPSA) is 109 Å². The number of nitrogens with zero attached hydrogens (tertiary/aromatic N) is 4. The summed E-state index contributed by atoms with van der Waals surface area (Å²) in [6, 6.07) is 3.89. The minimum Gasteiger partial charge on any atom is -0.325 e. The number of amides is 1. The molecule has 0 spiro atoms. The Labute approximate surface area is 187 Å². The Bertz CT molecular complexity index is 1240. The molecule has 0 unspecified atom stereocenters. The zero-order chi connectivity index (χ0) is 22.3. The standard InChI is InChI=1S/C18H18ClFN6O3S2/c1-25-6-5-13(23-25)16-9-21-18(30-16)14-8-15(26(2)31(28,29)24-14)17(27)22-10-3-4-12(20)11(19)7-10/h3-7,9,14-15,24H,8H2,1-2H3,(H,22,27)/t14-,15+/m0/s1. The van der Waals surface area contributed by atoms with Gasteiger partial charge in [-0.2, -0.15) is 22.5 Å². The molecule has 164 valence electrons. The second-order valence-electron chi connectivity index (χ2n) is 7.00. The Hall–Kier alpha value is -2.38. The normalized spacial score (nSPS) is 21.2. The lowest BCUT2D eigenvalue weighted by atomic mass is 10.1. The average molecular weight is 485 g/mol. The quantitative estimate of drug-likeness (QED) is 0.591. The molecule has 31 heavy (non-hydrogen) atoms. The second kappa shape index (κ2) is 8.28. The fraction of sp³-hybridized carbons (Fsp3) is 0.278. The van der Waals surface area contributed by atoms with Crippen LogP contribution in [-0.4, -0.2) is 46.5 Å². The average Bonchev–Trinajstić information content (AvgIpc) is 3.35. The molecule has 1 aliphatic rings. The lowest BCUT2D eigenvalue weighted by molar-refractivity contribution is -0.120. The number of anilines is 1. The zero-order valence-corrected chi connectivity index (χ0v) is 18.8. The van der Waals surface area contributed by atoms with Crippen molar-refractivity contribution in [2.24, 2.45) is 7.05 Å². The monoisotopic (exact) mass is 484 g/mol. The molecule has 13 heteroatoms. The van der Waals surface area contributed by atoms with E-state index in [9.17, 15) is 17.6 Å². The van der Waals surface area contributed by atoms with Gasteiger partial charge in [0, 0.05) is 32.2 Å². The molecule has 0 bridgehead atoms. The van der Waals surface area contributed by atoms with Gasteiger partial charge in [-0.25, -0.2) is 9.37 Å². The van der Waals surface area contributed by atoms with Gasteiger partial charge in [0.25, 0.3) is 10.2 Å². The third kappa shape index (κ3) is 4.48. The summed E-state index contributed by atoms with van der Waals surface area (Å²) in [4.78, 5) is 18.0. The van der Waals surface area contributed by atoms with Crippen molar-refractivity contribution in [3.05, 3.63) is 52.5 Å². The summed E-state index contributed by atoms with van der Waals surface area (Å²) in [5.41, 5.74) is 0.994. The summed E-state index contributed by atoms with van der Waals surface area (Å²) in [5, 5.41) is 7.30. The maximum atomic E-state index is 13.4. The first kappa shape index (κ1) is 21.8. The molecule has 0 aliphatic carbocycles. The van der Waals surface area contributed by atoms with E-state index in [0.717, 1.165) is 20.9 Å². The minimum absolute atomic E-state index is 0.146. The van der Waals surface area contributed by atoms with Crippen LogP contribution < -0.4 is 10.0 Å². The summed E-state index contributed by atoms with van der Waals surface area (Å²) >= 11 is 7.06. The number of aryl methyl sites for hydroxylation is 1. The number of carbonyl (C=O) groups is 1. The van der Waals surface area contributed by atoms with Crippen molar-refractivity contribution in [1.82, 2.24) is 23.8 Å². The van der Waals surface area contributed by atoms with E-state index in [1.807, 2.05) is 6.07 Å². The van der Waals surface area contributed by atoms with Crippen LogP contribution >= 0.6 is 22.9 Å². The predicted molar refractivity (Wildman–Crippen MR) is 115 cm³/mol. The highest BCUT2D eigenvalue weighted by Gasteiger charge is 2.41. The van der Waals surface area contributed by atoms with E-state index < -0.39 is 34.0 Å². The first-order chi connectivity index (χ1) is 14.6. The van der Waals surface area contributed by atoms with Crippen molar-refractivity contribution in [2.45, 2.75) is 18.5 Å². The van der Waals surface area contributed by atoms with Crippen LogP contribution in [0, 0.1) is 5.82 Å². The van der Waals surface area contributed by atoms with E-state index in [4.69, 9.17) is 11.6 Å². The van der Waals surface area contributed by atoms with Crippen LogP contribution in [0.15, 0.2) is 36.7 Å². The number of aromatic nitrogens is 3. The third-order valence-electron chi connectivity index (χ3n) is 4.85. The fourth-order valence-electron chi connectivity index (χ4n) is 3.19. The number of hydrogen-bond donors (Lipinski definition) is 2. The number of halogens is 2. The van der Waals surface area contributed by atoms with Crippen LogP contribution in [0.3, 0.4) is 0 Å². The highest BCUT2D eigenvalue weighted by molar-refractivity contribution is 7.87. The first-order valence-electron chi connectivity index (χ1n) is 9.11. The highest BCUT2D eigenvalue weighted by Crippen LogP contribution is 2.34. The Balaban J connectivity index is 1.57. The Morgan fingerprint density at radius 2 is 2.13 bits per heavy atom. The van der Waals surface area contributed by atoms with Crippen molar-refractivity contribution in [3.63, 3.8) is 0 Å². The summed E-state index contributed by atoms with van der Waals surface area (Å²) in [7, 11) is -0.807. The van der Waals surface area contributed by atoms with Crippen LogP contribution in [-0.2, 0) is 22.1 Å². The number of hydrogen-bond acceptors (Lipinski definition) is 6. The summed E-state index contributed by atoms with van der Waals surface area (Å²) in [6.07, 6.45) is 3.59. The Morgan fingerprint density at radius 1 is 1.35 bits per heavy atom. The van der Waals surface area contributed by atoms with Crippen molar-refractivity contribution in [1.29, 1.82) is 0 Å². The molecule has 4 rings (SSSR count). The van der Waals surface area contributed by atoms with Crippen LogP contribution in [0.4, 0.5) is 10.1 Å². The van der Waals surface area contributed by atoms with Gasteiger partial charge in [-0.05, 0) is 30.7 Å². The van der Waals surface area contributed by atoms with Gasteiger partial charge in [-0.15, -0.1) is 11.3 Å². The highest BCUT2D eigenvalue weighted by atomic mass is 35.5. The SMILES string of the molecule is CN1[C@@H](C(=O)Nc2ccc(F)c(Cl)c2)C[C@@H](c2ncc(-c3ccn(C)n3)s2)NS1(=O)=O. The maximum Gasteiger partial charge on any atom is 0.280 e. The van der Waals surface area contributed by atoms with E-state index in [0.29, 0.717) is 5.01 Å². The van der Waals surface area contributed by atoms with Gasteiger partial charge in [-0.1, -0.05) is 11.6 Å². The van der Waals surface area contributed by atoms with Gasteiger partial charge in [0.15, 0.2) is 0 Å². The van der Waals surface area contributed by atoms with Gasteiger partial charge < -0.3 is 5.32 Å². The summed E-state index contributed by atoms with van der Waals surface area (Å²) in [6.45, 7) is 0. The van der Waals surface area contributed by atoms with Gasteiger partial charge in [0.05, 0.1) is 15.9 Å². The van der Waals surface area contributed by atoms with E-state index >= 15 is 0 Å². The molecule has 2 N–H and O–H groups in total. The largest absolute Gasteiger partial charge is 0.325 e. The smallest absolute Gasteiger partial charge is 0.280 e. The minimum atomic E-state index is -3.93. The molecule has 1 fully saturated rings.